The van der Waals surface area contributed by atoms with E-state index in [9.17, 15) is 13.6 Å². The van der Waals surface area contributed by atoms with Crippen molar-refractivity contribution < 1.29 is 47.9 Å². The molecule has 0 aliphatic carbocycles. The van der Waals surface area contributed by atoms with Gasteiger partial charge in [-0.1, -0.05) is 0 Å². The Bertz CT molecular complexity index is 361. The van der Waals surface area contributed by atoms with Crippen molar-refractivity contribution in [2.45, 2.75) is 11.8 Å². The number of esters is 1. The molecule has 1 rings (SSSR count). The number of thiophene rings is 1. The summed E-state index contributed by atoms with van der Waals surface area (Å²) in [6.07, 6.45) is 0. The van der Waals surface area contributed by atoms with Crippen molar-refractivity contribution in [2.24, 2.45) is 0 Å². The second-order valence-electron chi connectivity index (χ2n) is 2.30. The van der Waals surface area contributed by atoms with E-state index in [1.165, 1.54) is 7.11 Å². The maximum Gasteiger partial charge on any atom is 1.00 e. The van der Waals surface area contributed by atoms with Crippen LogP contribution >= 0.6 is 11.3 Å². The van der Waals surface area contributed by atoms with Crippen molar-refractivity contribution in [3.8, 4) is 0 Å². The molecule has 0 spiro atoms. The zero-order valence-electron chi connectivity index (χ0n) is 8.03. The molecule has 0 saturated heterocycles. The van der Waals surface area contributed by atoms with E-state index in [1.807, 2.05) is 0 Å². The molecule has 14 heavy (non-hydrogen) atoms. The smallest absolute Gasteiger partial charge is 0.768 e. The molecule has 1 unspecified atom stereocenters. The second-order valence-corrected chi connectivity index (χ2v) is 4.06. The van der Waals surface area contributed by atoms with Crippen LogP contribution in [0.3, 0.4) is 0 Å². The van der Waals surface area contributed by atoms with Crippen LogP contribution < -0.4 is 29.6 Å². The molecule has 4 nitrogen and oxygen atoms in total. The predicted octanol–water partition coefficient (Wildman–Crippen LogP) is -1.91. The van der Waals surface area contributed by atoms with E-state index in [0.717, 1.165) is 11.3 Å². The number of ether oxygens (including phenoxy) is 1. The van der Waals surface area contributed by atoms with Gasteiger partial charge in [-0.05, 0) is 28.9 Å². The summed E-state index contributed by atoms with van der Waals surface area (Å²) in [6, 6.07) is 0. The van der Waals surface area contributed by atoms with Crippen LogP contribution in [-0.2, 0) is 15.8 Å². The minimum absolute atomic E-state index is 0. The summed E-state index contributed by atoms with van der Waals surface area (Å²) in [4.78, 5) is 11.2. The number of hydrogen-bond donors (Lipinski definition) is 0. The van der Waals surface area contributed by atoms with E-state index in [0.29, 0.717) is 5.56 Å². The quantitative estimate of drug-likeness (QED) is 0.345. The summed E-state index contributed by atoms with van der Waals surface area (Å²) < 4.78 is 25.9. The Morgan fingerprint density at radius 2 is 2.21 bits per heavy atom. The van der Waals surface area contributed by atoms with Gasteiger partial charge in [0.15, 0.2) is 0 Å². The average Bonchev–Trinajstić information content (AvgIpc) is 2.45. The molecule has 72 valence electrons. The summed E-state index contributed by atoms with van der Waals surface area (Å²) in [6.45, 7) is 1.63. The molecule has 0 fully saturated rings. The molecule has 7 heteroatoms. The first-order chi connectivity index (χ1) is 6.07. The third-order valence-electron chi connectivity index (χ3n) is 1.46. The van der Waals surface area contributed by atoms with Gasteiger partial charge in [0.25, 0.3) is 0 Å². The maximum absolute atomic E-state index is 11.1. The van der Waals surface area contributed by atoms with Gasteiger partial charge in [-0.2, -0.15) is 0 Å². The normalized spacial score (nSPS) is 11.6. The van der Waals surface area contributed by atoms with Crippen LogP contribution in [0.4, 0.5) is 0 Å². The van der Waals surface area contributed by atoms with Gasteiger partial charge in [0, 0.05) is 0 Å². The van der Waals surface area contributed by atoms with Crippen LogP contribution in [0.5, 0.6) is 0 Å². The molecule has 1 atom stereocenters. The average molecular weight is 242 g/mol. The summed E-state index contributed by atoms with van der Waals surface area (Å²) >= 11 is -1.31. The standard InChI is InChI=1S/C7H8O4S2.Na/c1-4-3-12-5(7(8)11-2)6(4)13(9)10;/h3H,1-2H3,(H,9,10);/q;+1/p-1. The summed E-state index contributed by atoms with van der Waals surface area (Å²) in [5.41, 5.74) is 0.568. The monoisotopic (exact) mass is 242 g/mol. The molecule has 0 aliphatic heterocycles. The van der Waals surface area contributed by atoms with Crippen LogP contribution in [0, 0.1) is 6.92 Å². The minimum Gasteiger partial charge on any atom is -0.768 e. The van der Waals surface area contributed by atoms with Crippen LogP contribution in [0.2, 0.25) is 0 Å². The van der Waals surface area contributed by atoms with E-state index >= 15 is 0 Å². The zero-order chi connectivity index (χ0) is 10.0. The van der Waals surface area contributed by atoms with Gasteiger partial charge < -0.3 is 9.29 Å². The zero-order valence-corrected chi connectivity index (χ0v) is 11.7. The fraction of sp³-hybridized carbons (Fsp3) is 0.286. The first kappa shape index (κ1) is 14.3. The summed E-state index contributed by atoms with van der Waals surface area (Å²) in [5, 5.41) is 1.61. The molecule has 0 radical (unpaired) electrons. The molecule has 0 aromatic carbocycles. The van der Waals surface area contributed by atoms with Crippen LogP contribution in [0.15, 0.2) is 10.3 Å². The number of hydrogen-bond acceptors (Lipinski definition) is 5. The third kappa shape index (κ3) is 2.88. The van der Waals surface area contributed by atoms with Crippen LogP contribution in [0.1, 0.15) is 15.2 Å². The Kier molecular flexibility index (Phi) is 6.11. The fourth-order valence-corrected chi connectivity index (χ4v) is 2.71. The fourth-order valence-electron chi connectivity index (χ4n) is 0.874. The van der Waals surface area contributed by atoms with Gasteiger partial charge in [0.2, 0.25) is 0 Å². The third-order valence-corrected chi connectivity index (χ3v) is 3.52. The molecule has 1 aromatic rings. The van der Waals surface area contributed by atoms with Gasteiger partial charge in [0.05, 0.1) is 12.0 Å². The Balaban J connectivity index is 0.00000169. The molecular weight excluding hydrogens is 235 g/mol. The maximum atomic E-state index is 11.1. The minimum atomic E-state index is -2.38. The number of rotatable bonds is 2. The topological polar surface area (TPSA) is 66.4 Å². The van der Waals surface area contributed by atoms with Crippen LogP contribution in [-0.4, -0.2) is 21.8 Å². The summed E-state index contributed by atoms with van der Waals surface area (Å²) in [7, 11) is 1.22. The first-order valence-corrected chi connectivity index (χ1v) is 5.29. The molecule has 0 amide bonds. The van der Waals surface area contributed by atoms with E-state index in [2.05, 4.69) is 4.74 Å². The SMILES string of the molecule is COC(=O)c1scc(C)c1S(=O)[O-].[Na+]. The molecule has 0 aliphatic rings. The van der Waals surface area contributed by atoms with Crippen molar-refractivity contribution in [3.05, 3.63) is 15.8 Å². The van der Waals surface area contributed by atoms with Gasteiger partial charge in [-0.3, -0.25) is 4.21 Å². The predicted molar refractivity (Wildman–Crippen MR) is 47.6 cm³/mol. The largest absolute Gasteiger partial charge is 1.00 e. The van der Waals surface area contributed by atoms with Crippen LogP contribution in [0.25, 0.3) is 0 Å². The van der Waals surface area contributed by atoms with Crippen molar-refractivity contribution in [2.75, 3.05) is 7.11 Å². The number of carbonyl (C=O) groups is 1. The molecule has 0 bridgehead atoms. The van der Waals surface area contributed by atoms with E-state index < -0.39 is 17.0 Å². The Labute approximate surface area is 110 Å². The van der Waals surface area contributed by atoms with Gasteiger partial charge >= 0.3 is 35.5 Å². The number of methoxy groups -OCH3 is 1. The van der Waals surface area contributed by atoms with Crippen molar-refractivity contribution in [3.63, 3.8) is 0 Å². The van der Waals surface area contributed by atoms with E-state index in [-0.39, 0.29) is 39.3 Å². The van der Waals surface area contributed by atoms with E-state index in [1.54, 1.807) is 12.3 Å². The van der Waals surface area contributed by atoms with Crippen molar-refractivity contribution in [1.29, 1.82) is 0 Å². The Morgan fingerprint density at radius 3 is 2.64 bits per heavy atom. The molecular formula is C7H7NaO4S2. The first-order valence-electron chi connectivity index (χ1n) is 3.33. The Morgan fingerprint density at radius 1 is 1.64 bits per heavy atom. The molecule has 0 saturated carbocycles. The summed E-state index contributed by atoms with van der Waals surface area (Å²) in [5.74, 6) is -0.614. The molecule has 0 N–H and O–H groups in total. The van der Waals surface area contributed by atoms with Crippen molar-refractivity contribution >= 4 is 28.4 Å². The molecule has 1 heterocycles. The van der Waals surface area contributed by atoms with Gasteiger partial charge in [0.1, 0.15) is 4.88 Å². The van der Waals surface area contributed by atoms with Crippen molar-refractivity contribution in [1.82, 2.24) is 0 Å². The Hall–Kier alpha value is 0.280. The number of aryl methyl sites for hydroxylation is 1. The number of carbonyl (C=O) groups excluding carboxylic acids is 1. The molecule has 1 aromatic heterocycles. The van der Waals surface area contributed by atoms with Gasteiger partial charge in [-0.25, -0.2) is 4.79 Å². The van der Waals surface area contributed by atoms with Gasteiger partial charge in [-0.15, -0.1) is 11.3 Å². The van der Waals surface area contributed by atoms with E-state index in [4.69, 9.17) is 0 Å². The second kappa shape index (κ2) is 5.99.